The van der Waals surface area contributed by atoms with E-state index in [2.05, 4.69) is 18.9 Å². The van der Waals surface area contributed by atoms with Crippen LogP contribution in [0, 0.1) is 0 Å². The normalized spacial score (nSPS) is 17.9. The van der Waals surface area contributed by atoms with Gasteiger partial charge in [-0.25, -0.2) is 0 Å². The number of carbonyl (C=O) groups is 1. The maximum Gasteiger partial charge on any atom is 0.263 e. The second-order valence-electron chi connectivity index (χ2n) is 5.35. The molecular weight excluding hydrogens is 252 g/mol. The molecule has 1 saturated heterocycles. The molecule has 0 N–H and O–H groups in total. The molecule has 1 aliphatic heterocycles. The van der Waals surface area contributed by atoms with Crippen LogP contribution in [0.5, 0.6) is 5.75 Å². The van der Waals surface area contributed by atoms with Crippen molar-refractivity contribution in [3.63, 3.8) is 0 Å². The van der Waals surface area contributed by atoms with Crippen LogP contribution >= 0.6 is 0 Å². The molecule has 0 bridgehead atoms. The monoisotopic (exact) mass is 276 g/mol. The van der Waals surface area contributed by atoms with E-state index in [1.807, 2.05) is 36.1 Å². The lowest BCUT2D eigenvalue weighted by molar-refractivity contribution is -0.139. The lowest BCUT2D eigenvalue weighted by Crippen LogP contribution is -2.50. The predicted octanol–water partition coefficient (Wildman–Crippen LogP) is 1.79. The molecule has 110 valence electrons. The highest BCUT2D eigenvalue weighted by atomic mass is 16.5. The number of carbonyl (C=O) groups excluding carboxylic acids is 1. The van der Waals surface area contributed by atoms with Crippen LogP contribution in [0.4, 0.5) is 0 Å². The highest BCUT2D eigenvalue weighted by Gasteiger charge is 2.25. The molecule has 4 nitrogen and oxygen atoms in total. The second-order valence-corrected chi connectivity index (χ2v) is 5.35. The summed E-state index contributed by atoms with van der Waals surface area (Å²) in [6, 6.07) is 7.93. The molecule has 0 saturated carbocycles. The summed E-state index contributed by atoms with van der Waals surface area (Å²) in [5, 5.41) is 0. The predicted molar refractivity (Wildman–Crippen MR) is 80.0 cm³/mol. The maximum absolute atomic E-state index is 12.4. The Kier molecular flexibility index (Phi) is 5.01. The van der Waals surface area contributed by atoms with Crippen LogP contribution in [0.2, 0.25) is 0 Å². The summed E-state index contributed by atoms with van der Waals surface area (Å²) in [7, 11) is 2.08. The van der Waals surface area contributed by atoms with Gasteiger partial charge in [-0.1, -0.05) is 25.1 Å². The summed E-state index contributed by atoms with van der Waals surface area (Å²) in [5.41, 5.74) is 1.14. The largest absolute Gasteiger partial charge is 0.481 e. The molecule has 0 aliphatic carbocycles. The molecule has 1 fully saturated rings. The van der Waals surface area contributed by atoms with Crippen LogP contribution in [0.25, 0.3) is 0 Å². The van der Waals surface area contributed by atoms with Gasteiger partial charge < -0.3 is 14.5 Å². The minimum absolute atomic E-state index is 0.0870. The third-order valence-corrected chi connectivity index (χ3v) is 3.82. The minimum atomic E-state index is -0.425. The van der Waals surface area contributed by atoms with E-state index in [0.29, 0.717) is 0 Å². The van der Waals surface area contributed by atoms with Gasteiger partial charge in [0.1, 0.15) is 5.75 Å². The van der Waals surface area contributed by atoms with E-state index < -0.39 is 6.10 Å². The molecule has 1 amide bonds. The summed E-state index contributed by atoms with van der Waals surface area (Å²) in [4.78, 5) is 16.5. The zero-order valence-electron chi connectivity index (χ0n) is 12.6. The number of hydrogen-bond donors (Lipinski definition) is 0. The quantitative estimate of drug-likeness (QED) is 0.840. The molecule has 4 heteroatoms. The van der Waals surface area contributed by atoms with Crippen LogP contribution in [0.1, 0.15) is 19.4 Å². The molecule has 0 unspecified atom stereocenters. The second kappa shape index (κ2) is 6.75. The van der Waals surface area contributed by atoms with Crippen LogP contribution in [-0.2, 0) is 11.2 Å². The van der Waals surface area contributed by atoms with Crippen LogP contribution in [-0.4, -0.2) is 55.0 Å². The number of likely N-dealkylation sites (N-methyl/N-ethyl adjacent to an activating group) is 1. The van der Waals surface area contributed by atoms with Gasteiger partial charge in [-0.3, -0.25) is 4.79 Å². The van der Waals surface area contributed by atoms with Crippen molar-refractivity contribution in [3.8, 4) is 5.75 Å². The van der Waals surface area contributed by atoms with E-state index in [0.717, 1.165) is 43.9 Å². The Morgan fingerprint density at radius 2 is 1.90 bits per heavy atom. The fourth-order valence-electron chi connectivity index (χ4n) is 2.44. The third kappa shape index (κ3) is 3.51. The maximum atomic E-state index is 12.4. The van der Waals surface area contributed by atoms with Gasteiger partial charge in [0, 0.05) is 26.2 Å². The fraction of sp³-hybridized carbons (Fsp3) is 0.562. The van der Waals surface area contributed by atoms with Crippen molar-refractivity contribution in [2.24, 2.45) is 0 Å². The van der Waals surface area contributed by atoms with Crippen molar-refractivity contribution >= 4 is 5.91 Å². The first-order valence-electron chi connectivity index (χ1n) is 7.33. The third-order valence-electron chi connectivity index (χ3n) is 3.82. The van der Waals surface area contributed by atoms with E-state index in [4.69, 9.17) is 4.74 Å². The van der Waals surface area contributed by atoms with Crippen LogP contribution in [0.15, 0.2) is 24.3 Å². The highest BCUT2D eigenvalue weighted by Crippen LogP contribution is 2.20. The molecule has 0 spiro atoms. The topological polar surface area (TPSA) is 32.8 Å². The number of benzene rings is 1. The zero-order chi connectivity index (χ0) is 14.5. The van der Waals surface area contributed by atoms with Gasteiger partial charge in [-0.15, -0.1) is 0 Å². The Morgan fingerprint density at radius 1 is 1.25 bits per heavy atom. The van der Waals surface area contributed by atoms with Crippen LogP contribution in [0.3, 0.4) is 0 Å². The SMILES string of the molecule is CCc1ccccc1O[C@H](C)C(=O)N1CCN(C)CC1. The molecule has 1 heterocycles. The van der Waals surface area contributed by atoms with Crippen molar-refractivity contribution in [2.75, 3.05) is 33.2 Å². The van der Waals surface area contributed by atoms with Gasteiger partial charge in [0.05, 0.1) is 0 Å². The van der Waals surface area contributed by atoms with Crippen molar-refractivity contribution < 1.29 is 9.53 Å². The molecule has 1 aromatic rings. The van der Waals surface area contributed by atoms with E-state index >= 15 is 0 Å². The van der Waals surface area contributed by atoms with E-state index in [1.165, 1.54) is 0 Å². The Labute approximate surface area is 121 Å². The van der Waals surface area contributed by atoms with Crippen molar-refractivity contribution in [1.82, 2.24) is 9.80 Å². The van der Waals surface area contributed by atoms with Gasteiger partial charge in [0.25, 0.3) is 5.91 Å². The summed E-state index contributed by atoms with van der Waals surface area (Å²) >= 11 is 0. The van der Waals surface area contributed by atoms with Crippen molar-refractivity contribution in [1.29, 1.82) is 0 Å². The number of rotatable bonds is 4. The smallest absolute Gasteiger partial charge is 0.263 e. The number of nitrogens with zero attached hydrogens (tertiary/aromatic N) is 2. The molecular formula is C16H24N2O2. The number of aryl methyl sites for hydroxylation is 1. The molecule has 20 heavy (non-hydrogen) atoms. The Bertz CT molecular complexity index is 454. The molecule has 2 rings (SSSR count). The minimum Gasteiger partial charge on any atom is -0.481 e. The summed E-state index contributed by atoms with van der Waals surface area (Å²) in [6.07, 6.45) is 0.483. The lowest BCUT2D eigenvalue weighted by atomic mass is 10.1. The Hall–Kier alpha value is -1.55. The summed E-state index contributed by atoms with van der Waals surface area (Å²) in [5.74, 6) is 0.911. The molecule has 0 radical (unpaired) electrons. The first-order chi connectivity index (χ1) is 9.61. The first-order valence-corrected chi connectivity index (χ1v) is 7.33. The number of hydrogen-bond acceptors (Lipinski definition) is 3. The highest BCUT2D eigenvalue weighted by molar-refractivity contribution is 5.81. The standard InChI is InChI=1S/C16H24N2O2/c1-4-14-7-5-6-8-15(14)20-13(2)16(19)18-11-9-17(3)10-12-18/h5-8,13H,4,9-12H2,1-3H3/t13-/m1/s1. The zero-order valence-corrected chi connectivity index (χ0v) is 12.6. The van der Waals surface area contributed by atoms with Gasteiger partial charge in [0.15, 0.2) is 6.10 Å². The van der Waals surface area contributed by atoms with E-state index in [1.54, 1.807) is 0 Å². The first kappa shape index (κ1) is 14.9. The average molecular weight is 276 g/mol. The summed E-state index contributed by atoms with van der Waals surface area (Å²) in [6.45, 7) is 7.38. The number of para-hydroxylation sites is 1. The molecule has 1 aliphatic rings. The number of amides is 1. The van der Waals surface area contributed by atoms with E-state index in [9.17, 15) is 4.79 Å². The average Bonchev–Trinajstić information content (AvgIpc) is 2.48. The lowest BCUT2D eigenvalue weighted by Gasteiger charge is -2.34. The Balaban J connectivity index is 1.97. The van der Waals surface area contributed by atoms with E-state index in [-0.39, 0.29) is 5.91 Å². The van der Waals surface area contributed by atoms with Crippen molar-refractivity contribution in [3.05, 3.63) is 29.8 Å². The van der Waals surface area contributed by atoms with Gasteiger partial charge >= 0.3 is 0 Å². The summed E-state index contributed by atoms with van der Waals surface area (Å²) < 4.78 is 5.87. The molecule has 0 aromatic heterocycles. The molecule has 1 atom stereocenters. The number of piperazine rings is 1. The van der Waals surface area contributed by atoms with Crippen molar-refractivity contribution in [2.45, 2.75) is 26.4 Å². The number of ether oxygens (including phenoxy) is 1. The van der Waals surface area contributed by atoms with Gasteiger partial charge in [0.2, 0.25) is 0 Å². The molecule has 1 aromatic carbocycles. The van der Waals surface area contributed by atoms with Crippen LogP contribution < -0.4 is 4.74 Å². The van der Waals surface area contributed by atoms with Gasteiger partial charge in [-0.05, 0) is 32.0 Å². The Morgan fingerprint density at radius 3 is 2.55 bits per heavy atom. The van der Waals surface area contributed by atoms with Gasteiger partial charge in [-0.2, -0.15) is 0 Å². The fourth-order valence-corrected chi connectivity index (χ4v) is 2.44.